The second kappa shape index (κ2) is 13.3. The third-order valence-corrected chi connectivity index (χ3v) is 11.5. The van der Waals surface area contributed by atoms with Gasteiger partial charge in [0.15, 0.2) is 14.2 Å². The monoisotopic (exact) mass is 514 g/mol. The maximum absolute atomic E-state index is 5.03. The standard InChI is InChI=1S/C20H39N5Si.CH3.2ClH.Cr/c1-26(2,25-16-8-15-24-14-7-13-23-20(24)25)19(17-9-3-5-11-21-17)18-10-4-6-12-22-18;;;;/h17-19,21-22H,3-16H2,1-2H3;1H3;2*1H;/q;-1;;;+2/p-2. The van der Waals surface area contributed by atoms with Crippen LogP contribution in [0.25, 0.3) is 0 Å². The summed E-state index contributed by atoms with van der Waals surface area (Å²) in [7, 11) is 7.97. The van der Waals surface area contributed by atoms with E-state index in [-0.39, 0.29) is 20.8 Å². The van der Waals surface area contributed by atoms with Crippen LogP contribution in [0.1, 0.15) is 51.4 Å². The number of nitrogens with zero attached hydrogens (tertiary/aromatic N) is 3. The second-order valence-electron chi connectivity index (χ2n) is 9.38. The molecule has 3 saturated heterocycles. The van der Waals surface area contributed by atoms with Crippen LogP contribution in [0.15, 0.2) is 4.99 Å². The molecule has 4 aliphatic rings. The molecule has 0 spiro atoms. The van der Waals surface area contributed by atoms with Crippen molar-refractivity contribution in [1.29, 1.82) is 0 Å². The van der Waals surface area contributed by atoms with Crippen molar-refractivity contribution in [3.8, 4) is 0 Å². The van der Waals surface area contributed by atoms with E-state index in [0.717, 1.165) is 12.1 Å². The molecule has 0 aromatic heterocycles. The summed E-state index contributed by atoms with van der Waals surface area (Å²) in [6, 6.07) is 1.39. The first-order valence-electron chi connectivity index (χ1n) is 11.5. The van der Waals surface area contributed by atoms with E-state index in [1.165, 1.54) is 90.0 Å². The van der Waals surface area contributed by atoms with Gasteiger partial charge < -0.3 is 27.5 Å². The number of hydrogen-bond donors (Lipinski definition) is 2. The quantitative estimate of drug-likeness (QED) is 0.429. The third-order valence-electron chi connectivity index (χ3n) is 7.25. The molecular weight excluding hydrogens is 473 g/mol. The van der Waals surface area contributed by atoms with Crippen molar-refractivity contribution in [1.82, 2.24) is 20.1 Å². The molecule has 4 heterocycles. The summed E-state index contributed by atoms with van der Waals surface area (Å²) in [5, 5.41) is 7.90. The molecular formula is C21H42Cl2CrN5Si-. The van der Waals surface area contributed by atoms with E-state index in [0.29, 0.717) is 12.1 Å². The summed E-state index contributed by atoms with van der Waals surface area (Å²) in [6.45, 7) is 12.4. The number of rotatable bonds is 4. The van der Waals surface area contributed by atoms with Crippen molar-refractivity contribution >= 4 is 34.3 Å². The predicted molar refractivity (Wildman–Crippen MR) is 130 cm³/mol. The van der Waals surface area contributed by atoms with Crippen molar-refractivity contribution < 1.29 is 13.4 Å². The van der Waals surface area contributed by atoms with Crippen LogP contribution >= 0.6 is 20.1 Å². The summed E-state index contributed by atoms with van der Waals surface area (Å²) < 4.78 is 2.83. The summed E-state index contributed by atoms with van der Waals surface area (Å²) in [5.74, 6) is 1.36. The van der Waals surface area contributed by atoms with Crippen molar-refractivity contribution in [2.45, 2.75) is 82.1 Å². The Hall–Kier alpha value is 0.519. The number of aliphatic imine (C=N–C) groups is 1. The van der Waals surface area contributed by atoms with E-state index in [2.05, 4.69) is 33.2 Å². The molecule has 4 rings (SSSR count). The Labute approximate surface area is 200 Å². The van der Waals surface area contributed by atoms with Crippen LogP contribution in [-0.2, 0) is 13.4 Å². The molecule has 2 atom stereocenters. The van der Waals surface area contributed by atoms with Crippen LogP contribution in [0.5, 0.6) is 0 Å². The Bertz CT molecular complexity index is 510. The molecule has 0 radical (unpaired) electrons. The van der Waals surface area contributed by atoms with Gasteiger partial charge in [0.2, 0.25) is 0 Å². The fourth-order valence-electron chi connectivity index (χ4n) is 5.99. The van der Waals surface area contributed by atoms with Gasteiger partial charge in [-0.3, -0.25) is 4.99 Å². The Kier molecular flexibility index (Phi) is 11.9. The Morgan fingerprint density at radius 2 is 1.50 bits per heavy atom. The van der Waals surface area contributed by atoms with Gasteiger partial charge in [0.1, 0.15) is 0 Å². The minimum atomic E-state index is -1.68. The topological polar surface area (TPSA) is 42.9 Å². The van der Waals surface area contributed by atoms with Crippen molar-refractivity contribution in [2.24, 2.45) is 4.99 Å². The number of halogens is 2. The van der Waals surface area contributed by atoms with Gasteiger partial charge in [0.25, 0.3) is 0 Å². The van der Waals surface area contributed by atoms with Crippen LogP contribution in [0.4, 0.5) is 0 Å². The molecule has 9 heteroatoms. The molecule has 5 nitrogen and oxygen atoms in total. The number of fused-ring (bicyclic) bond motifs is 1. The fourth-order valence-corrected chi connectivity index (χ4v) is 10.4. The Morgan fingerprint density at radius 1 is 0.933 bits per heavy atom. The third kappa shape index (κ3) is 6.53. The summed E-state index contributed by atoms with van der Waals surface area (Å²) in [6.07, 6.45) is 10.8. The van der Waals surface area contributed by atoms with E-state index in [9.17, 15) is 0 Å². The first-order valence-corrected chi connectivity index (χ1v) is 18.1. The van der Waals surface area contributed by atoms with Gasteiger partial charge in [0.05, 0.1) is 0 Å². The zero-order valence-electron chi connectivity index (χ0n) is 19.1. The van der Waals surface area contributed by atoms with Crippen LogP contribution in [0.2, 0.25) is 18.6 Å². The van der Waals surface area contributed by atoms with Crippen LogP contribution in [-0.4, -0.2) is 75.0 Å². The summed E-state index contributed by atoms with van der Waals surface area (Å²) in [5.41, 5.74) is 0.771. The Morgan fingerprint density at radius 3 is 2.03 bits per heavy atom. The van der Waals surface area contributed by atoms with E-state index < -0.39 is 8.24 Å². The molecule has 30 heavy (non-hydrogen) atoms. The number of hydrogen-bond acceptors (Lipinski definition) is 5. The molecule has 0 aromatic carbocycles. The fraction of sp³-hybridized carbons (Fsp3) is 0.905. The van der Waals surface area contributed by atoms with E-state index >= 15 is 0 Å². The minimum absolute atomic E-state index is 0. The summed E-state index contributed by atoms with van der Waals surface area (Å²) in [4.78, 5) is 7.62. The van der Waals surface area contributed by atoms with Crippen molar-refractivity contribution in [3.05, 3.63) is 7.43 Å². The van der Waals surface area contributed by atoms with Gasteiger partial charge in [-0.05, 0) is 51.6 Å². The van der Waals surface area contributed by atoms with Crippen molar-refractivity contribution in [3.63, 3.8) is 0 Å². The molecule has 4 aliphatic heterocycles. The second-order valence-corrected chi connectivity index (χ2v) is 16.0. The molecule has 176 valence electrons. The zero-order valence-corrected chi connectivity index (χ0v) is 22.9. The SMILES string of the molecule is C[Si](C)(C(C1CCCCN1)C1CCCCN1)N1CCCN2CCCN=C21.[CH3-].[Cl][Cr][Cl]. The average Bonchev–Trinajstić information content (AvgIpc) is 2.75. The first kappa shape index (κ1) is 26.8. The maximum atomic E-state index is 5.03. The van der Waals surface area contributed by atoms with E-state index in [4.69, 9.17) is 25.1 Å². The summed E-state index contributed by atoms with van der Waals surface area (Å²) >= 11 is -0.181. The molecule has 0 aliphatic carbocycles. The van der Waals surface area contributed by atoms with Gasteiger partial charge >= 0.3 is 33.5 Å². The zero-order chi connectivity index (χ0) is 20.7. The number of nitrogens with one attached hydrogen (secondary N) is 2. The molecule has 0 amide bonds. The molecule has 0 saturated carbocycles. The van der Waals surface area contributed by atoms with Gasteiger partial charge in [-0.25, -0.2) is 0 Å². The molecule has 2 unspecified atom stereocenters. The van der Waals surface area contributed by atoms with Gasteiger partial charge in [0, 0.05) is 43.8 Å². The molecule has 0 aromatic rings. The van der Waals surface area contributed by atoms with E-state index in [1.54, 1.807) is 0 Å². The van der Waals surface area contributed by atoms with Gasteiger partial charge in [-0.1, -0.05) is 25.9 Å². The van der Waals surface area contributed by atoms with Crippen molar-refractivity contribution in [2.75, 3.05) is 39.3 Å². The predicted octanol–water partition coefficient (Wildman–Crippen LogP) is 4.44. The molecule has 2 N–H and O–H groups in total. The Balaban J connectivity index is 0.000000757. The number of guanidine groups is 1. The molecule has 0 bridgehead atoms. The van der Waals surface area contributed by atoms with Crippen LogP contribution in [0.3, 0.4) is 0 Å². The average molecular weight is 516 g/mol. The van der Waals surface area contributed by atoms with Crippen LogP contribution in [0, 0.1) is 7.43 Å². The number of piperidine rings is 2. The van der Waals surface area contributed by atoms with Gasteiger partial charge in [-0.15, -0.1) is 0 Å². The van der Waals surface area contributed by atoms with Gasteiger partial charge in [-0.2, -0.15) is 0 Å². The van der Waals surface area contributed by atoms with E-state index in [1.807, 2.05) is 0 Å². The molecule has 3 fully saturated rings. The van der Waals surface area contributed by atoms with Crippen LogP contribution < -0.4 is 10.6 Å². The normalized spacial score (nSPS) is 28.3. The first-order chi connectivity index (χ1) is 14.1.